The van der Waals surface area contributed by atoms with E-state index in [9.17, 15) is 22.6 Å². The second-order valence-electron chi connectivity index (χ2n) is 15.0. The van der Waals surface area contributed by atoms with Crippen LogP contribution in [-0.2, 0) is 19.6 Å². The third-order valence-corrected chi connectivity index (χ3v) is 10.9. The Morgan fingerprint density at radius 2 is 0.833 bits per heavy atom. The summed E-state index contributed by atoms with van der Waals surface area (Å²) in [6, 6.07) is 3.72. The summed E-state index contributed by atoms with van der Waals surface area (Å²) in [6.45, 7) is 4.73. The van der Waals surface area contributed by atoms with E-state index < -0.39 is 32.5 Å². The first-order valence-electron chi connectivity index (χ1n) is 22.1. The van der Waals surface area contributed by atoms with Gasteiger partial charge < -0.3 is 9.47 Å². The van der Waals surface area contributed by atoms with E-state index in [1.807, 2.05) is 0 Å². The zero-order valence-corrected chi connectivity index (χ0v) is 35.3. The molecule has 0 aliphatic heterocycles. The van der Waals surface area contributed by atoms with E-state index in [1.54, 1.807) is 0 Å². The highest BCUT2D eigenvalue weighted by Crippen LogP contribution is 2.23. The van der Waals surface area contributed by atoms with Crippen molar-refractivity contribution >= 4 is 22.1 Å². The molecule has 0 bridgehead atoms. The fourth-order valence-electron chi connectivity index (χ4n) is 6.66. The van der Waals surface area contributed by atoms with Gasteiger partial charge in [0.05, 0.1) is 24.3 Å². The Hall–Kier alpha value is -2.45. The number of unbranched alkanes of at least 4 members (excludes halogenated alkanes) is 26. The lowest BCUT2D eigenvalue weighted by molar-refractivity contribution is 0.0447. The summed E-state index contributed by atoms with van der Waals surface area (Å²) in [6.07, 6.45) is 45.0. The first-order chi connectivity index (χ1) is 26.3. The molecule has 0 amide bonds. The molecular weight excluding hydrogens is 697 g/mol. The number of carbonyl (C=O) groups is 2. The first kappa shape index (κ1) is 49.6. The van der Waals surface area contributed by atoms with Gasteiger partial charge >= 0.3 is 11.9 Å². The molecule has 0 spiro atoms. The summed E-state index contributed by atoms with van der Waals surface area (Å²) < 4.78 is 44.7. The van der Waals surface area contributed by atoms with Crippen LogP contribution in [0, 0.1) is 0 Å². The third kappa shape index (κ3) is 27.2. The van der Waals surface area contributed by atoms with Crippen molar-refractivity contribution in [1.29, 1.82) is 0 Å². The molecule has 0 aliphatic rings. The number of hydrogen-bond acceptors (Lipinski definition) is 6. The number of esters is 2. The lowest BCUT2D eigenvalue weighted by atomic mass is 10.1. The van der Waals surface area contributed by atoms with E-state index in [2.05, 4.69) is 38.2 Å². The van der Waals surface area contributed by atoms with Crippen LogP contribution >= 0.6 is 0 Å². The minimum absolute atomic E-state index is 0.0757. The Morgan fingerprint density at radius 3 is 1.20 bits per heavy atom. The van der Waals surface area contributed by atoms with Crippen molar-refractivity contribution in [1.82, 2.24) is 0 Å². The van der Waals surface area contributed by atoms with Crippen LogP contribution in [0.25, 0.3) is 0 Å². The molecule has 1 N–H and O–H groups in total. The normalized spacial score (nSPS) is 11.9. The van der Waals surface area contributed by atoms with Crippen molar-refractivity contribution in [3.05, 3.63) is 53.6 Å². The maximum absolute atomic E-state index is 13.0. The Labute approximate surface area is 331 Å². The largest absolute Gasteiger partial charge is 0.462 e. The number of hydrogen-bond donors (Lipinski definition) is 1. The van der Waals surface area contributed by atoms with E-state index in [1.165, 1.54) is 153 Å². The maximum atomic E-state index is 13.0. The standard InChI is InChI=1S/C46H78O7S/c1-3-5-7-9-11-13-15-17-19-21-23-25-27-29-31-33-35-40-52-45(47)42-38-37-39-43(54(49,50)51)44(42)46(48)53-41-36-34-32-30-28-26-24-22-20-18-16-14-12-10-8-6-4-2/h27-30,37-39H,3-26,31-36,40-41H2,1-2H3,(H,49,50,51)/b29-27+,30-28+. The molecule has 0 aliphatic carbocycles. The third-order valence-electron chi connectivity index (χ3n) is 10.0. The zero-order valence-electron chi connectivity index (χ0n) is 34.5. The maximum Gasteiger partial charge on any atom is 0.340 e. The molecule has 8 heteroatoms. The predicted octanol–water partition coefficient (Wildman–Crippen LogP) is 14.1. The number of benzene rings is 1. The van der Waals surface area contributed by atoms with Crippen LogP contribution in [0.3, 0.4) is 0 Å². The molecule has 54 heavy (non-hydrogen) atoms. The molecule has 0 saturated carbocycles. The van der Waals surface area contributed by atoms with Gasteiger partial charge in [-0.25, -0.2) is 9.59 Å². The molecule has 1 aromatic carbocycles. The summed E-state index contributed by atoms with van der Waals surface area (Å²) >= 11 is 0. The summed E-state index contributed by atoms with van der Waals surface area (Å²) in [7, 11) is -4.78. The first-order valence-corrected chi connectivity index (χ1v) is 23.5. The molecule has 0 fully saturated rings. The lowest BCUT2D eigenvalue weighted by Crippen LogP contribution is -2.19. The Morgan fingerprint density at radius 1 is 0.500 bits per heavy atom. The van der Waals surface area contributed by atoms with Gasteiger partial charge in [0.2, 0.25) is 0 Å². The van der Waals surface area contributed by atoms with Crippen LogP contribution in [-0.4, -0.2) is 38.1 Å². The number of allylic oxidation sites excluding steroid dienone is 4. The molecular formula is C46H78O7S. The smallest absolute Gasteiger partial charge is 0.340 e. The highest BCUT2D eigenvalue weighted by Gasteiger charge is 2.28. The summed E-state index contributed by atoms with van der Waals surface area (Å²) in [5, 5.41) is 0. The van der Waals surface area contributed by atoms with E-state index in [-0.39, 0.29) is 18.8 Å². The molecule has 0 atom stereocenters. The average Bonchev–Trinajstić information content (AvgIpc) is 3.16. The number of ether oxygens (including phenoxy) is 2. The molecule has 310 valence electrons. The van der Waals surface area contributed by atoms with Gasteiger partial charge in [-0.1, -0.05) is 173 Å². The van der Waals surface area contributed by atoms with Gasteiger partial charge in [-0.3, -0.25) is 4.55 Å². The zero-order chi connectivity index (χ0) is 39.4. The van der Waals surface area contributed by atoms with Crippen molar-refractivity contribution in [2.24, 2.45) is 0 Å². The van der Waals surface area contributed by atoms with Crippen molar-refractivity contribution in [3.8, 4) is 0 Å². The van der Waals surface area contributed by atoms with Crippen LogP contribution in [0.4, 0.5) is 0 Å². The minimum Gasteiger partial charge on any atom is -0.462 e. The van der Waals surface area contributed by atoms with Gasteiger partial charge in [0, 0.05) is 0 Å². The molecule has 1 rings (SSSR count). The van der Waals surface area contributed by atoms with Gasteiger partial charge in [-0.05, 0) is 76.3 Å². The van der Waals surface area contributed by atoms with Crippen molar-refractivity contribution in [2.45, 2.75) is 211 Å². The molecule has 0 heterocycles. The van der Waals surface area contributed by atoms with E-state index in [0.29, 0.717) is 12.8 Å². The van der Waals surface area contributed by atoms with E-state index in [4.69, 9.17) is 9.47 Å². The number of rotatable bonds is 37. The highest BCUT2D eigenvalue weighted by molar-refractivity contribution is 7.86. The second kappa shape index (κ2) is 35.0. The number of carbonyl (C=O) groups excluding carboxylic acids is 2. The SMILES string of the molecule is CCCCCCCCCCCCC/C=C/CCCCOC(=O)c1cccc(S(=O)(=O)O)c1C(=O)OCCCC/C=C/CCCCCCCCCCCCC. The summed E-state index contributed by atoms with van der Waals surface area (Å²) in [5.41, 5.74) is -0.713. The Kier molecular flexibility index (Phi) is 32.1. The quantitative estimate of drug-likeness (QED) is 0.0310. The van der Waals surface area contributed by atoms with Crippen LogP contribution in [0.5, 0.6) is 0 Å². The Bertz CT molecular complexity index is 1240. The molecule has 0 radical (unpaired) electrons. The van der Waals surface area contributed by atoms with Crippen molar-refractivity contribution in [2.75, 3.05) is 13.2 Å². The van der Waals surface area contributed by atoms with E-state index >= 15 is 0 Å². The highest BCUT2D eigenvalue weighted by atomic mass is 32.2. The lowest BCUT2D eigenvalue weighted by Gasteiger charge is -2.12. The van der Waals surface area contributed by atoms with Gasteiger partial charge in [0.1, 0.15) is 4.90 Å². The average molecular weight is 775 g/mol. The molecule has 0 aromatic heterocycles. The monoisotopic (exact) mass is 775 g/mol. The summed E-state index contributed by atoms with van der Waals surface area (Å²) in [4.78, 5) is 25.3. The van der Waals surface area contributed by atoms with Crippen LogP contribution in [0.1, 0.15) is 227 Å². The van der Waals surface area contributed by atoms with Gasteiger partial charge in [-0.2, -0.15) is 8.42 Å². The van der Waals surface area contributed by atoms with E-state index in [0.717, 1.165) is 44.6 Å². The molecule has 1 aromatic rings. The topological polar surface area (TPSA) is 107 Å². The van der Waals surface area contributed by atoms with Crippen LogP contribution in [0.2, 0.25) is 0 Å². The molecule has 7 nitrogen and oxygen atoms in total. The van der Waals surface area contributed by atoms with Gasteiger partial charge in [0.25, 0.3) is 10.1 Å². The van der Waals surface area contributed by atoms with Crippen molar-refractivity contribution < 1.29 is 32.0 Å². The van der Waals surface area contributed by atoms with Crippen LogP contribution in [0.15, 0.2) is 47.4 Å². The Balaban J connectivity index is 2.27. The van der Waals surface area contributed by atoms with Gasteiger partial charge in [-0.15, -0.1) is 0 Å². The molecule has 0 unspecified atom stereocenters. The minimum atomic E-state index is -4.78. The van der Waals surface area contributed by atoms with Gasteiger partial charge in [0.15, 0.2) is 0 Å². The van der Waals surface area contributed by atoms with Crippen LogP contribution < -0.4 is 0 Å². The fourth-order valence-corrected chi connectivity index (χ4v) is 7.36. The second-order valence-corrected chi connectivity index (χ2v) is 16.4. The fraction of sp³-hybridized carbons (Fsp3) is 0.739. The predicted molar refractivity (Wildman–Crippen MR) is 225 cm³/mol. The summed E-state index contributed by atoms with van der Waals surface area (Å²) in [5.74, 6) is -1.78. The molecule has 0 saturated heterocycles. The van der Waals surface area contributed by atoms with Crippen molar-refractivity contribution in [3.63, 3.8) is 0 Å².